The largest absolute Gasteiger partial charge is 0.496 e. The van der Waals surface area contributed by atoms with Gasteiger partial charge in [-0.1, -0.05) is 47.4 Å². The van der Waals surface area contributed by atoms with E-state index in [1.54, 1.807) is 41.5 Å². The Morgan fingerprint density at radius 2 is 2.00 bits per heavy atom. The smallest absolute Gasteiger partial charge is 0.271 e. The Kier molecular flexibility index (Phi) is 6.86. The number of ether oxygens (including phenoxy) is 1. The number of nitrogens with zero attached hydrogens (tertiary/aromatic N) is 3. The molecular formula is C27H28N3O2S3+. The number of aryl methyl sites for hydroxylation is 3. The summed E-state index contributed by atoms with van der Waals surface area (Å²) in [5, 5.41) is 4.24. The number of methoxy groups -OCH3 is 1. The van der Waals surface area contributed by atoms with Crippen molar-refractivity contribution < 1.29 is 9.30 Å². The van der Waals surface area contributed by atoms with E-state index >= 15 is 0 Å². The second-order valence-corrected chi connectivity index (χ2v) is 11.4. The monoisotopic (exact) mass is 522 g/mol. The molecule has 0 fully saturated rings. The van der Waals surface area contributed by atoms with Gasteiger partial charge in [-0.3, -0.25) is 9.36 Å². The highest BCUT2D eigenvalue weighted by molar-refractivity contribution is 8.08. The number of hydrogen-bond acceptors (Lipinski definition) is 6. The molecule has 35 heavy (non-hydrogen) atoms. The number of thiazole rings is 2. The van der Waals surface area contributed by atoms with Crippen molar-refractivity contribution in [3.8, 4) is 5.75 Å². The molecule has 0 saturated carbocycles. The quantitative estimate of drug-likeness (QED) is 0.359. The molecular weight excluding hydrogens is 495 g/mol. The summed E-state index contributed by atoms with van der Waals surface area (Å²) >= 11 is 4.97. The molecule has 0 aliphatic carbocycles. The number of fused-ring (bicyclic) bond motifs is 1. The van der Waals surface area contributed by atoms with Crippen LogP contribution in [0, 0.1) is 6.92 Å². The Morgan fingerprint density at radius 1 is 1.17 bits per heavy atom. The van der Waals surface area contributed by atoms with Crippen LogP contribution in [0.25, 0.3) is 11.1 Å². The van der Waals surface area contributed by atoms with Gasteiger partial charge in [0, 0.05) is 30.5 Å². The zero-order valence-corrected chi connectivity index (χ0v) is 22.7. The van der Waals surface area contributed by atoms with Crippen LogP contribution >= 0.6 is 34.4 Å². The lowest BCUT2D eigenvalue weighted by Gasteiger charge is -2.12. The van der Waals surface area contributed by atoms with Gasteiger partial charge >= 0.3 is 0 Å². The Morgan fingerprint density at radius 3 is 2.80 bits per heavy atom. The van der Waals surface area contributed by atoms with Gasteiger partial charge in [0.2, 0.25) is 0 Å². The fourth-order valence-corrected chi connectivity index (χ4v) is 7.74. The number of aromatic nitrogens is 2. The van der Waals surface area contributed by atoms with Crippen LogP contribution in [0.3, 0.4) is 0 Å². The van der Waals surface area contributed by atoms with Crippen molar-refractivity contribution in [1.29, 1.82) is 0 Å². The number of para-hydroxylation sites is 1. The molecule has 3 heterocycles. The third kappa shape index (κ3) is 4.58. The number of benzene rings is 2. The molecule has 0 saturated heterocycles. The van der Waals surface area contributed by atoms with E-state index in [2.05, 4.69) is 58.3 Å². The third-order valence-electron chi connectivity index (χ3n) is 6.18. The van der Waals surface area contributed by atoms with Gasteiger partial charge in [0.15, 0.2) is 12.7 Å². The highest BCUT2D eigenvalue weighted by atomic mass is 32.2. The van der Waals surface area contributed by atoms with Crippen molar-refractivity contribution in [2.75, 3.05) is 19.1 Å². The van der Waals surface area contributed by atoms with Crippen molar-refractivity contribution in [1.82, 2.24) is 4.57 Å². The van der Waals surface area contributed by atoms with Gasteiger partial charge in [0.1, 0.15) is 20.0 Å². The predicted molar refractivity (Wildman–Crippen MR) is 147 cm³/mol. The molecule has 0 bridgehead atoms. The van der Waals surface area contributed by atoms with Crippen molar-refractivity contribution in [3.63, 3.8) is 0 Å². The summed E-state index contributed by atoms with van der Waals surface area (Å²) in [5.74, 6) is 0.919. The van der Waals surface area contributed by atoms with Crippen molar-refractivity contribution in [2.24, 2.45) is 0 Å². The molecule has 5 nitrogen and oxygen atoms in total. The molecule has 2 aromatic heterocycles. The van der Waals surface area contributed by atoms with Crippen LogP contribution in [-0.2, 0) is 19.5 Å². The number of thioether (sulfide) groups is 1. The van der Waals surface area contributed by atoms with Crippen molar-refractivity contribution in [2.45, 2.75) is 38.3 Å². The zero-order chi connectivity index (χ0) is 24.5. The number of hydrogen-bond donors (Lipinski definition) is 0. The predicted octanol–water partition coefficient (Wildman–Crippen LogP) is 3.98. The van der Waals surface area contributed by atoms with Crippen LogP contribution in [-0.4, -0.2) is 18.7 Å². The standard InChI is InChI=1S/C27H28N3O2S3/c1-5-30-24(17-23-29(14-15-33-23)13-12-19-8-6-7-9-21(19)32-4)35-25(26(30)31)27-28(3)20-11-10-18(2)16-22(20)34-27/h6-11,14-17H,5,12-13H2,1-4H3/q+1/b27-25+. The first-order chi connectivity index (χ1) is 17.0. The molecule has 2 aromatic carbocycles. The van der Waals surface area contributed by atoms with E-state index in [4.69, 9.17) is 4.74 Å². The van der Waals surface area contributed by atoms with Crippen LogP contribution in [0.5, 0.6) is 5.75 Å². The molecule has 4 aromatic rings. The SMILES string of the molecule is CCn1c(=O)/c(=C2\Sc3cc(C)ccc3N2C)s/c1=C\c1scc[n+]1CCc1ccccc1OC. The maximum absolute atomic E-state index is 13.4. The summed E-state index contributed by atoms with van der Waals surface area (Å²) in [4.78, 5) is 16.8. The molecule has 5 rings (SSSR count). The van der Waals surface area contributed by atoms with Crippen LogP contribution in [0.1, 0.15) is 23.1 Å². The van der Waals surface area contributed by atoms with Gasteiger partial charge in [-0.15, -0.1) is 11.3 Å². The maximum atomic E-state index is 13.4. The Labute approximate surface area is 217 Å². The first-order valence-electron chi connectivity index (χ1n) is 11.6. The molecule has 0 unspecified atom stereocenters. The molecule has 1 aliphatic heterocycles. The highest BCUT2D eigenvalue weighted by Crippen LogP contribution is 2.45. The molecule has 0 spiro atoms. The molecule has 8 heteroatoms. The minimum absolute atomic E-state index is 0.0831. The topological polar surface area (TPSA) is 38.4 Å². The summed E-state index contributed by atoms with van der Waals surface area (Å²) in [7, 11) is 3.76. The highest BCUT2D eigenvalue weighted by Gasteiger charge is 2.25. The molecule has 0 N–H and O–H groups in total. The molecule has 0 amide bonds. The average molecular weight is 523 g/mol. The summed E-state index contributed by atoms with van der Waals surface area (Å²) in [6, 6.07) is 14.6. The molecule has 0 radical (unpaired) electrons. The second-order valence-electron chi connectivity index (χ2n) is 8.40. The lowest BCUT2D eigenvalue weighted by Crippen LogP contribution is -2.36. The van der Waals surface area contributed by atoms with E-state index < -0.39 is 0 Å². The van der Waals surface area contributed by atoms with E-state index in [1.165, 1.54) is 16.0 Å². The maximum Gasteiger partial charge on any atom is 0.271 e. The lowest BCUT2D eigenvalue weighted by molar-refractivity contribution is -0.693. The van der Waals surface area contributed by atoms with Gasteiger partial charge < -0.3 is 9.64 Å². The van der Waals surface area contributed by atoms with Gasteiger partial charge in [0.05, 0.1) is 24.3 Å². The van der Waals surface area contributed by atoms with Crippen LogP contribution in [0.2, 0.25) is 0 Å². The lowest BCUT2D eigenvalue weighted by atomic mass is 10.1. The Balaban J connectivity index is 1.52. The normalized spacial score (nSPS) is 15.1. The second kappa shape index (κ2) is 10.0. The minimum atomic E-state index is 0.0831. The van der Waals surface area contributed by atoms with Gasteiger partial charge in [-0.2, -0.15) is 4.57 Å². The van der Waals surface area contributed by atoms with E-state index in [9.17, 15) is 4.79 Å². The van der Waals surface area contributed by atoms with Crippen LogP contribution in [0.4, 0.5) is 5.69 Å². The third-order valence-corrected chi connectivity index (χ3v) is 9.50. The first kappa shape index (κ1) is 23.9. The fraction of sp³-hybridized carbons (Fsp3) is 0.259. The van der Waals surface area contributed by atoms with Crippen molar-refractivity contribution in [3.05, 3.63) is 89.7 Å². The summed E-state index contributed by atoms with van der Waals surface area (Å²) in [6.45, 7) is 5.62. The van der Waals surface area contributed by atoms with Crippen molar-refractivity contribution >= 4 is 51.2 Å². The van der Waals surface area contributed by atoms with E-state index in [-0.39, 0.29) is 5.56 Å². The summed E-state index contributed by atoms with van der Waals surface area (Å²) < 4.78 is 11.4. The van der Waals surface area contributed by atoms with Gasteiger partial charge in [-0.05, 0) is 37.6 Å². The first-order valence-corrected chi connectivity index (χ1v) is 14.1. The molecule has 0 atom stereocenters. The van der Waals surface area contributed by atoms with E-state index in [0.29, 0.717) is 6.54 Å². The summed E-state index contributed by atoms with van der Waals surface area (Å²) in [5.41, 5.74) is 3.66. The zero-order valence-electron chi connectivity index (χ0n) is 20.3. The van der Waals surface area contributed by atoms with Gasteiger partial charge in [0.25, 0.3) is 10.6 Å². The number of anilines is 1. The number of rotatable bonds is 6. The van der Waals surface area contributed by atoms with E-state index in [1.807, 2.05) is 36.7 Å². The average Bonchev–Trinajstić information content (AvgIpc) is 3.53. The van der Waals surface area contributed by atoms with Crippen LogP contribution < -0.4 is 29.0 Å². The van der Waals surface area contributed by atoms with Crippen LogP contribution in [0.15, 0.2) is 63.7 Å². The van der Waals surface area contributed by atoms with Gasteiger partial charge in [-0.25, -0.2) is 0 Å². The molecule has 1 aliphatic rings. The van der Waals surface area contributed by atoms with E-state index in [0.717, 1.165) is 43.6 Å². The summed E-state index contributed by atoms with van der Waals surface area (Å²) in [6.07, 6.45) is 5.14. The minimum Gasteiger partial charge on any atom is -0.496 e. The fourth-order valence-electron chi connectivity index (χ4n) is 4.30. The molecule has 180 valence electrons. The Bertz CT molecular complexity index is 1560. The Hall–Kier alpha value is -2.81.